The number of methoxy groups -OCH3 is 1. The average Bonchev–Trinajstić information content (AvgIpc) is 3.54. The second kappa shape index (κ2) is 10.6. The summed E-state index contributed by atoms with van der Waals surface area (Å²) in [5.74, 6) is 1.88. The molecule has 5 rings (SSSR count). The Morgan fingerprint density at radius 3 is 2.68 bits per heavy atom. The number of hydrogen-bond donors (Lipinski definition) is 2. The molecule has 1 saturated heterocycles. The SMILES string of the molecule is CCC(=O)Nc1ccc(N2C(=S)NC(c3ccccn3)C2c2ccc(-c3ccc(Cl)cc3)o2)cc1OC. The van der Waals surface area contributed by atoms with E-state index in [9.17, 15) is 4.79 Å². The summed E-state index contributed by atoms with van der Waals surface area (Å²) < 4.78 is 12.0. The van der Waals surface area contributed by atoms with E-state index in [1.807, 2.05) is 77.7 Å². The van der Waals surface area contributed by atoms with E-state index < -0.39 is 0 Å². The predicted octanol–water partition coefficient (Wildman–Crippen LogP) is 6.53. The number of halogens is 1. The lowest BCUT2D eigenvalue weighted by Crippen LogP contribution is -2.29. The summed E-state index contributed by atoms with van der Waals surface area (Å²) in [5, 5.41) is 7.49. The predicted molar refractivity (Wildman–Crippen MR) is 149 cm³/mol. The summed E-state index contributed by atoms with van der Waals surface area (Å²) in [7, 11) is 1.57. The van der Waals surface area contributed by atoms with Crippen LogP contribution in [0.25, 0.3) is 11.3 Å². The molecule has 1 aliphatic rings. The monoisotopic (exact) mass is 532 g/mol. The largest absolute Gasteiger partial charge is 0.494 e. The van der Waals surface area contributed by atoms with Crippen molar-refractivity contribution in [3.63, 3.8) is 0 Å². The van der Waals surface area contributed by atoms with E-state index in [-0.39, 0.29) is 18.0 Å². The minimum Gasteiger partial charge on any atom is -0.494 e. The summed E-state index contributed by atoms with van der Waals surface area (Å²) in [5.41, 5.74) is 3.14. The van der Waals surface area contributed by atoms with Gasteiger partial charge in [-0.2, -0.15) is 0 Å². The lowest BCUT2D eigenvalue weighted by Gasteiger charge is -2.27. The summed E-state index contributed by atoms with van der Waals surface area (Å²) in [6.45, 7) is 1.80. The minimum atomic E-state index is -0.329. The third-order valence-corrected chi connectivity index (χ3v) is 6.77. The summed E-state index contributed by atoms with van der Waals surface area (Å²) in [6, 6.07) is 22.2. The highest BCUT2D eigenvalue weighted by molar-refractivity contribution is 7.80. The Hall–Kier alpha value is -3.88. The lowest BCUT2D eigenvalue weighted by atomic mass is 10.0. The highest BCUT2D eigenvalue weighted by atomic mass is 35.5. The van der Waals surface area contributed by atoms with Crippen LogP contribution in [0.2, 0.25) is 5.02 Å². The molecule has 0 spiro atoms. The number of amides is 1. The van der Waals surface area contributed by atoms with Crippen molar-refractivity contribution in [2.24, 2.45) is 0 Å². The minimum absolute atomic E-state index is 0.0946. The smallest absolute Gasteiger partial charge is 0.224 e. The fourth-order valence-corrected chi connectivity index (χ4v) is 4.85. The van der Waals surface area contributed by atoms with Crippen molar-refractivity contribution in [1.82, 2.24) is 10.3 Å². The summed E-state index contributed by atoms with van der Waals surface area (Å²) in [6.07, 6.45) is 2.13. The van der Waals surface area contributed by atoms with Crippen LogP contribution in [0.3, 0.4) is 0 Å². The number of nitrogens with one attached hydrogen (secondary N) is 2. The molecule has 2 atom stereocenters. The number of thiocarbonyl (C=S) groups is 1. The quantitative estimate of drug-likeness (QED) is 0.262. The molecule has 2 aromatic heterocycles. The number of carbonyl (C=O) groups is 1. The van der Waals surface area contributed by atoms with Crippen LogP contribution in [-0.2, 0) is 4.79 Å². The van der Waals surface area contributed by atoms with E-state index >= 15 is 0 Å². The van der Waals surface area contributed by atoms with Crippen LogP contribution in [0.1, 0.15) is 36.9 Å². The molecule has 7 nitrogen and oxygen atoms in total. The Morgan fingerprint density at radius 1 is 1.16 bits per heavy atom. The van der Waals surface area contributed by atoms with Crippen LogP contribution < -0.4 is 20.3 Å². The van der Waals surface area contributed by atoms with Gasteiger partial charge >= 0.3 is 0 Å². The Morgan fingerprint density at radius 2 is 1.97 bits per heavy atom. The highest BCUT2D eigenvalue weighted by Crippen LogP contribution is 2.44. The maximum Gasteiger partial charge on any atom is 0.224 e. The van der Waals surface area contributed by atoms with Crippen LogP contribution in [0, 0.1) is 0 Å². The molecule has 37 heavy (non-hydrogen) atoms. The van der Waals surface area contributed by atoms with Crippen LogP contribution in [-0.4, -0.2) is 23.1 Å². The van der Waals surface area contributed by atoms with Gasteiger partial charge in [0.25, 0.3) is 0 Å². The van der Waals surface area contributed by atoms with Gasteiger partial charge in [0.1, 0.15) is 23.3 Å². The maximum atomic E-state index is 12.0. The van der Waals surface area contributed by atoms with Crippen molar-refractivity contribution in [1.29, 1.82) is 0 Å². The van der Waals surface area contributed by atoms with Gasteiger partial charge in [0, 0.05) is 35.0 Å². The van der Waals surface area contributed by atoms with Crippen LogP contribution in [0.15, 0.2) is 83.4 Å². The molecular weight excluding hydrogens is 508 g/mol. The highest BCUT2D eigenvalue weighted by Gasteiger charge is 2.42. The van der Waals surface area contributed by atoms with E-state index in [2.05, 4.69) is 15.6 Å². The number of carbonyl (C=O) groups excluding carboxylic acids is 1. The third kappa shape index (κ3) is 5.03. The van der Waals surface area contributed by atoms with Crippen LogP contribution in [0.4, 0.5) is 11.4 Å². The fourth-order valence-electron chi connectivity index (χ4n) is 4.37. The second-order valence-corrected chi connectivity index (χ2v) is 9.31. The molecule has 2 aromatic carbocycles. The van der Waals surface area contributed by atoms with E-state index in [1.54, 1.807) is 20.2 Å². The molecule has 3 heterocycles. The summed E-state index contributed by atoms with van der Waals surface area (Å²) in [4.78, 5) is 18.6. The number of anilines is 2. The van der Waals surface area contributed by atoms with Crippen molar-refractivity contribution < 1.29 is 13.9 Å². The van der Waals surface area contributed by atoms with Gasteiger partial charge in [-0.25, -0.2) is 0 Å². The third-order valence-electron chi connectivity index (χ3n) is 6.20. The Bertz CT molecular complexity index is 1430. The average molecular weight is 533 g/mol. The first kappa shape index (κ1) is 24.8. The number of pyridine rings is 1. The zero-order chi connectivity index (χ0) is 25.9. The number of rotatable bonds is 7. The molecule has 1 fully saturated rings. The zero-order valence-electron chi connectivity index (χ0n) is 20.3. The van der Waals surface area contributed by atoms with Gasteiger partial charge in [0.2, 0.25) is 5.91 Å². The molecule has 4 aromatic rings. The topological polar surface area (TPSA) is 79.6 Å². The Labute approximate surface area is 225 Å². The number of furan rings is 1. The van der Waals surface area contributed by atoms with Crippen molar-refractivity contribution in [2.45, 2.75) is 25.4 Å². The molecule has 0 saturated carbocycles. The molecule has 2 unspecified atom stereocenters. The lowest BCUT2D eigenvalue weighted by molar-refractivity contribution is -0.115. The molecule has 2 N–H and O–H groups in total. The normalized spacial score (nSPS) is 16.9. The molecule has 0 radical (unpaired) electrons. The maximum absolute atomic E-state index is 12.0. The number of ether oxygens (including phenoxy) is 1. The summed E-state index contributed by atoms with van der Waals surface area (Å²) >= 11 is 11.9. The standard InChI is InChI=1S/C28H25ClN4O3S/c1-3-25(34)31-20-12-11-19(16-24(20)35-2)33-27(26(32-28(33)37)21-6-4-5-15-30-21)23-14-13-22(36-23)17-7-9-18(29)10-8-17/h4-16,26-27H,3H2,1-2H3,(H,31,34)(H,32,37). The van der Waals surface area contributed by atoms with Gasteiger partial charge in [-0.15, -0.1) is 0 Å². The van der Waals surface area contributed by atoms with Gasteiger partial charge in [-0.1, -0.05) is 24.6 Å². The molecule has 9 heteroatoms. The molecular formula is C28H25ClN4O3S. The molecule has 1 amide bonds. The number of hydrogen-bond acceptors (Lipinski definition) is 5. The van der Waals surface area contributed by atoms with Crippen molar-refractivity contribution in [3.05, 3.63) is 95.5 Å². The first-order chi connectivity index (χ1) is 18.0. The Kier molecular flexibility index (Phi) is 7.12. The van der Waals surface area contributed by atoms with Crippen molar-refractivity contribution in [2.75, 3.05) is 17.3 Å². The van der Waals surface area contributed by atoms with E-state index in [1.165, 1.54) is 0 Å². The van der Waals surface area contributed by atoms with E-state index in [4.69, 9.17) is 33.0 Å². The van der Waals surface area contributed by atoms with Gasteiger partial charge in [-0.05, 0) is 72.9 Å². The molecule has 1 aliphatic heterocycles. The van der Waals surface area contributed by atoms with E-state index in [0.717, 1.165) is 28.5 Å². The van der Waals surface area contributed by atoms with Crippen molar-refractivity contribution >= 4 is 46.2 Å². The van der Waals surface area contributed by atoms with E-state index in [0.29, 0.717) is 28.0 Å². The molecule has 188 valence electrons. The first-order valence-corrected chi connectivity index (χ1v) is 12.6. The number of benzene rings is 2. The zero-order valence-corrected chi connectivity index (χ0v) is 21.8. The molecule has 0 bridgehead atoms. The number of nitrogens with zero attached hydrogens (tertiary/aromatic N) is 2. The van der Waals surface area contributed by atoms with Crippen LogP contribution in [0.5, 0.6) is 5.75 Å². The number of aromatic nitrogens is 1. The molecule has 0 aliphatic carbocycles. The fraction of sp³-hybridized carbons (Fsp3) is 0.179. The Balaban J connectivity index is 1.57. The second-order valence-electron chi connectivity index (χ2n) is 8.49. The van der Waals surface area contributed by atoms with Gasteiger partial charge < -0.3 is 24.7 Å². The first-order valence-electron chi connectivity index (χ1n) is 11.8. The van der Waals surface area contributed by atoms with Crippen LogP contribution >= 0.6 is 23.8 Å². The van der Waals surface area contributed by atoms with Gasteiger partial charge in [0.05, 0.1) is 24.5 Å². The van der Waals surface area contributed by atoms with Gasteiger partial charge in [0.15, 0.2) is 5.11 Å². The van der Waals surface area contributed by atoms with Crippen molar-refractivity contribution in [3.8, 4) is 17.1 Å². The van der Waals surface area contributed by atoms with Gasteiger partial charge in [-0.3, -0.25) is 9.78 Å².